The van der Waals surface area contributed by atoms with Crippen molar-refractivity contribution in [3.63, 3.8) is 0 Å². The van der Waals surface area contributed by atoms with Crippen LogP contribution in [0.15, 0.2) is 0 Å². The van der Waals surface area contributed by atoms with Crippen LogP contribution >= 0.6 is 0 Å². The van der Waals surface area contributed by atoms with Gasteiger partial charge in [-0.05, 0) is 26.2 Å². The molecular weight excluding hydrogens is 204 g/mol. The number of rotatable bonds is 3. The van der Waals surface area contributed by atoms with Crippen LogP contribution < -0.4 is 5.73 Å². The van der Waals surface area contributed by atoms with E-state index in [1.165, 1.54) is 12.8 Å². The van der Waals surface area contributed by atoms with Crippen molar-refractivity contribution in [1.82, 2.24) is 4.90 Å². The average molecular weight is 228 g/mol. The lowest BCUT2D eigenvalue weighted by molar-refractivity contribution is 0.0834. The van der Waals surface area contributed by atoms with Crippen LogP contribution in [0, 0.1) is 0 Å². The molecule has 0 spiro atoms. The van der Waals surface area contributed by atoms with E-state index in [1.54, 1.807) is 4.90 Å². The van der Waals surface area contributed by atoms with E-state index in [2.05, 4.69) is 0 Å². The van der Waals surface area contributed by atoms with Crippen molar-refractivity contribution in [2.45, 2.75) is 51.5 Å². The Kier molecular flexibility index (Phi) is 5.06. The maximum Gasteiger partial charge on any atom is 0.409 e. The molecule has 1 rings (SSSR count). The highest BCUT2D eigenvalue weighted by Gasteiger charge is 2.21. The standard InChI is InChI=1S/C12H24N2O2/c1-3-12(2,13)10-16-11(15)14-8-6-4-5-7-9-14/h3-10,13H2,1-2H3. The lowest BCUT2D eigenvalue weighted by Crippen LogP contribution is -2.43. The molecule has 1 amide bonds. The molecule has 1 saturated heterocycles. The number of ether oxygens (including phenoxy) is 1. The average Bonchev–Trinajstić information content (AvgIpc) is 2.54. The fourth-order valence-electron chi connectivity index (χ4n) is 1.67. The first-order chi connectivity index (χ1) is 7.55. The third-order valence-corrected chi connectivity index (χ3v) is 3.20. The van der Waals surface area contributed by atoms with E-state index in [4.69, 9.17) is 10.5 Å². The Labute approximate surface area is 98.1 Å². The Balaban J connectivity index is 2.33. The van der Waals surface area contributed by atoms with Gasteiger partial charge in [0.05, 0.1) is 0 Å². The molecular formula is C12H24N2O2. The van der Waals surface area contributed by atoms with Gasteiger partial charge in [0.25, 0.3) is 0 Å². The molecule has 4 nitrogen and oxygen atoms in total. The molecule has 2 N–H and O–H groups in total. The second kappa shape index (κ2) is 6.09. The highest BCUT2D eigenvalue weighted by molar-refractivity contribution is 5.67. The fraction of sp³-hybridized carbons (Fsp3) is 0.917. The van der Waals surface area contributed by atoms with Crippen LogP contribution in [0.3, 0.4) is 0 Å². The van der Waals surface area contributed by atoms with Gasteiger partial charge in [0.2, 0.25) is 0 Å². The number of hydrogen-bond donors (Lipinski definition) is 1. The summed E-state index contributed by atoms with van der Waals surface area (Å²) in [7, 11) is 0. The lowest BCUT2D eigenvalue weighted by Gasteiger charge is -2.25. The lowest BCUT2D eigenvalue weighted by atomic mass is 10.0. The number of carbonyl (C=O) groups excluding carboxylic acids is 1. The van der Waals surface area contributed by atoms with Crippen molar-refractivity contribution in [1.29, 1.82) is 0 Å². The maximum absolute atomic E-state index is 11.8. The van der Waals surface area contributed by atoms with E-state index in [0.29, 0.717) is 6.61 Å². The van der Waals surface area contributed by atoms with Crippen molar-refractivity contribution < 1.29 is 9.53 Å². The Morgan fingerprint density at radius 2 is 1.88 bits per heavy atom. The molecule has 0 saturated carbocycles. The zero-order chi connectivity index (χ0) is 12.0. The van der Waals surface area contributed by atoms with Crippen LogP contribution in [0.2, 0.25) is 0 Å². The molecule has 1 aliphatic heterocycles. The molecule has 16 heavy (non-hydrogen) atoms. The second-order valence-corrected chi connectivity index (χ2v) is 4.96. The number of carbonyl (C=O) groups is 1. The Hall–Kier alpha value is -0.770. The van der Waals surface area contributed by atoms with E-state index in [9.17, 15) is 4.79 Å². The van der Waals surface area contributed by atoms with Gasteiger partial charge in [-0.15, -0.1) is 0 Å². The number of nitrogens with zero attached hydrogens (tertiary/aromatic N) is 1. The van der Waals surface area contributed by atoms with Crippen molar-refractivity contribution in [3.8, 4) is 0 Å². The van der Waals surface area contributed by atoms with Crippen LogP contribution in [-0.2, 0) is 4.74 Å². The topological polar surface area (TPSA) is 55.6 Å². The predicted octanol–water partition coefficient (Wildman–Crippen LogP) is 2.13. The molecule has 0 aliphatic carbocycles. The van der Waals surface area contributed by atoms with E-state index >= 15 is 0 Å². The quantitative estimate of drug-likeness (QED) is 0.805. The first-order valence-electron chi connectivity index (χ1n) is 6.26. The monoisotopic (exact) mass is 228 g/mol. The zero-order valence-corrected chi connectivity index (χ0v) is 10.5. The van der Waals surface area contributed by atoms with Crippen molar-refractivity contribution in [3.05, 3.63) is 0 Å². The van der Waals surface area contributed by atoms with E-state index < -0.39 is 5.54 Å². The highest BCUT2D eigenvalue weighted by Crippen LogP contribution is 2.12. The number of likely N-dealkylation sites (tertiary alicyclic amines) is 1. The molecule has 94 valence electrons. The summed E-state index contributed by atoms with van der Waals surface area (Å²) in [6.45, 7) is 5.86. The SMILES string of the molecule is CCC(C)(N)COC(=O)N1CCCCCC1. The Morgan fingerprint density at radius 3 is 2.38 bits per heavy atom. The van der Waals surface area contributed by atoms with Gasteiger partial charge in [-0.2, -0.15) is 0 Å². The first-order valence-corrected chi connectivity index (χ1v) is 6.26. The van der Waals surface area contributed by atoms with Gasteiger partial charge in [-0.3, -0.25) is 0 Å². The highest BCUT2D eigenvalue weighted by atomic mass is 16.6. The van der Waals surface area contributed by atoms with Gasteiger partial charge in [-0.25, -0.2) is 4.79 Å². The summed E-state index contributed by atoms with van der Waals surface area (Å²) in [4.78, 5) is 13.6. The first kappa shape index (κ1) is 13.3. The van der Waals surface area contributed by atoms with Gasteiger partial charge in [0.1, 0.15) is 6.61 Å². The van der Waals surface area contributed by atoms with Crippen LogP contribution in [0.4, 0.5) is 4.79 Å². The zero-order valence-electron chi connectivity index (χ0n) is 10.5. The Bertz CT molecular complexity index is 221. The van der Waals surface area contributed by atoms with Gasteiger partial charge in [0, 0.05) is 18.6 Å². The minimum absolute atomic E-state index is 0.202. The Morgan fingerprint density at radius 1 is 1.31 bits per heavy atom. The molecule has 4 heteroatoms. The minimum atomic E-state index is -0.401. The van der Waals surface area contributed by atoms with Crippen LogP contribution in [0.25, 0.3) is 0 Å². The third kappa shape index (κ3) is 4.39. The molecule has 0 aromatic carbocycles. The molecule has 1 heterocycles. The smallest absolute Gasteiger partial charge is 0.409 e. The largest absolute Gasteiger partial charge is 0.447 e. The summed E-state index contributed by atoms with van der Waals surface area (Å²) in [6.07, 6.45) is 5.21. The van der Waals surface area contributed by atoms with Gasteiger partial charge >= 0.3 is 6.09 Å². The van der Waals surface area contributed by atoms with Crippen LogP contribution in [0.5, 0.6) is 0 Å². The molecule has 1 atom stereocenters. The van der Waals surface area contributed by atoms with E-state index in [0.717, 1.165) is 32.4 Å². The van der Waals surface area contributed by atoms with Gasteiger partial charge < -0.3 is 15.4 Å². The summed E-state index contributed by atoms with van der Waals surface area (Å²) < 4.78 is 5.25. The van der Waals surface area contributed by atoms with Crippen LogP contribution in [-0.4, -0.2) is 36.2 Å². The van der Waals surface area contributed by atoms with E-state index in [-0.39, 0.29) is 6.09 Å². The summed E-state index contributed by atoms with van der Waals surface area (Å²) >= 11 is 0. The third-order valence-electron chi connectivity index (χ3n) is 3.20. The second-order valence-electron chi connectivity index (χ2n) is 4.96. The fourth-order valence-corrected chi connectivity index (χ4v) is 1.67. The molecule has 0 radical (unpaired) electrons. The van der Waals surface area contributed by atoms with Gasteiger partial charge in [0.15, 0.2) is 0 Å². The molecule has 1 fully saturated rings. The van der Waals surface area contributed by atoms with Crippen molar-refractivity contribution >= 4 is 6.09 Å². The summed E-state index contributed by atoms with van der Waals surface area (Å²) in [5.41, 5.74) is 5.53. The van der Waals surface area contributed by atoms with Crippen molar-refractivity contribution in [2.75, 3.05) is 19.7 Å². The normalized spacial score (nSPS) is 21.1. The number of nitrogens with two attached hydrogens (primary N) is 1. The summed E-state index contributed by atoms with van der Waals surface area (Å²) in [5, 5.41) is 0. The molecule has 1 aliphatic rings. The summed E-state index contributed by atoms with van der Waals surface area (Å²) in [6, 6.07) is 0. The van der Waals surface area contributed by atoms with Crippen LogP contribution in [0.1, 0.15) is 46.0 Å². The minimum Gasteiger partial charge on any atom is -0.447 e. The van der Waals surface area contributed by atoms with Gasteiger partial charge in [-0.1, -0.05) is 19.8 Å². The van der Waals surface area contributed by atoms with Crippen molar-refractivity contribution in [2.24, 2.45) is 5.73 Å². The number of hydrogen-bond acceptors (Lipinski definition) is 3. The van der Waals surface area contributed by atoms with E-state index in [1.807, 2.05) is 13.8 Å². The summed E-state index contributed by atoms with van der Waals surface area (Å²) in [5.74, 6) is 0. The maximum atomic E-state index is 11.8. The predicted molar refractivity (Wildman–Crippen MR) is 64.3 cm³/mol. The number of amides is 1. The molecule has 0 aromatic rings. The molecule has 1 unspecified atom stereocenters. The molecule has 0 bridgehead atoms. The molecule has 0 aromatic heterocycles.